The van der Waals surface area contributed by atoms with E-state index in [1.165, 1.54) is 18.3 Å². The molecule has 8 nitrogen and oxygen atoms in total. The minimum Gasteiger partial charge on any atom is -0.466 e. The zero-order valence-electron chi connectivity index (χ0n) is 14.5. The van der Waals surface area contributed by atoms with E-state index in [-0.39, 0.29) is 18.9 Å². The molecule has 3 rings (SSSR count). The van der Waals surface area contributed by atoms with E-state index in [4.69, 9.17) is 19.9 Å². The van der Waals surface area contributed by atoms with Gasteiger partial charge in [-0.1, -0.05) is 0 Å². The molecule has 0 bridgehead atoms. The summed E-state index contributed by atoms with van der Waals surface area (Å²) in [5, 5.41) is 20.0. The number of pyridine rings is 1. The van der Waals surface area contributed by atoms with Crippen LogP contribution in [0.4, 0.5) is 5.69 Å². The molecule has 1 aromatic heterocycles. The Labute approximate surface area is 150 Å². The highest BCUT2D eigenvalue weighted by molar-refractivity contribution is 6.62. The summed E-state index contributed by atoms with van der Waals surface area (Å²) in [6.45, 7) is 3.85. The van der Waals surface area contributed by atoms with Crippen molar-refractivity contribution in [2.75, 3.05) is 12.3 Å². The summed E-state index contributed by atoms with van der Waals surface area (Å²) in [4.78, 5) is 11.8. The number of carbonyl (C=O) groups excluding carboxylic acids is 1. The Morgan fingerprint density at radius 3 is 2.92 bits per heavy atom. The van der Waals surface area contributed by atoms with E-state index in [0.717, 1.165) is 15.9 Å². The first kappa shape index (κ1) is 18.0. The minimum absolute atomic E-state index is 0.0187. The number of nitrogen functional groups attached to an aromatic ring is 1. The molecule has 0 spiro atoms. The number of nitrogens with zero attached hydrogens (tertiary/aromatic N) is 1. The molecule has 4 N–H and O–H groups in total. The van der Waals surface area contributed by atoms with Crippen LogP contribution in [0.1, 0.15) is 30.6 Å². The Morgan fingerprint density at radius 2 is 2.19 bits per heavy atom. The second-order valence-electron chi connectivity index (χ2n) is 5.97. The Bertz CT molecular complexity index is 844. The van der Waals surface area contributed by atoms with Crippen LogP contribution in [0.25, 0.3) is 0 Å². The maximum atomic E-state index is 11.8. The van der Waals surface area contributed by atoms with Crippen LogP contribution in [0.3, 0.4) is 0 Å². The van der Waals surface area contributed by atoms with Crippen molar-refractivity contribution in [1.29, 1.82) is 0 Å². The third-order valence-electron chi connectivity index (χ3n) is 4.08. The summed E-state index contributed by atoms with van der Waals surface area (Å²) in [5.41, 5.74) is 8.18. The Balaban J connectivity index is 1.89. The van der Waals surface area contributed by atoms with Crippen molar-refractivity contribution in [3.8, 4) is 11.6 Å². The Kier molecular flexibility index (Phi) is 5.01. The number of fused-ring (bicyclic) bond motifs is 1. The lowest BCUT2D eigenvalue weighted by Gasteiger charge is -2.14. The molecule has 2 heterocycles. The predicted molar refractivity (Wildman–Crippen MR) is 92.2 cm³/mol. The summed E-state index contributed by atoms with van der Waals surface area (Å²) in [7, 11) is -1.17. The maximum absolute atomic E-state index is 11.8. The van der Waals surface area contributed by atoms with Crippen LogP contribution in [0.5, 0.6) is 11.6 Å². The van der Waals surface area contributed by atoms with E-state index >= 15 is 0 Å². The van der Waals surface area contributed by atoms with E-state index in [0.29, 0.717) is 16.9 Å². The molecule has 2 aromatic rings. The fourth-order valence-electron chi connectivity index (χ4n) is 3.00. The summed E-state index contributed by atoms with van der Waals surface area (Å²) in [6.07, 6.45) is 0.798. The lowest BCUT2D eigenvalue weighted by molar-refractivity contribution is -0.905. The average Bonchev–Trinajstić information content (AvgIpc) is 2.87. The third-order valence-corrected chi connectivity index (χ3v) is 4.08. The van der Waals surface area contributed by atoms with Gasteiger partial charge < -0.3 is 24.9 Å². The maximum Gasteiger partial charge on any atom is 0.492 e. The number of aryl methyl sites for hydroxylation is 1. The molecule has 0 saturated carbocycles. The average molecular weight is 359 g/mol. The standard InChI is InChI=1S/C17H19BN2O6/c1-3-24-16(21)9-14-17-10(2)6-12(8-13(17)18(22)26-14)25-15-7-11(19)4-5-20(15)23/h4-8,14,19,22-23H,3,9H2,1-2H3/p+1. The van der Waals surface area contributed by atoms with Gasteiger partial charge in [-0.05, 0) is 42.6 Å². The van der Waals surface area contributed by atoms with Crippen molar-refractivity contribution in [2.24, 2.45) is 0 Å². The van der Waals surface area contributed by atoms with Gasteiger partial charge in [-0.3, -0.25) is 10.0 Å². The molecular formula is C17H20BN2O6+. The summed E-state index contributed by atoms with van der Waals surface area (Å²) >= 11 is 0. The number of carbonyl (C=O) groups is 1. The molecule has 9 heteroatoms. The normalized spacial score (nSPS) is 15.7. The number of hydrogen-bond acceptors (Lipinski definition) is 7. The van der Waals surface area contributed by atoms with Gasteiger partial charge in [-0.15, -0.1) is 0 Å². The van der Waals surface area contributed by atoms with Crippen molar-refractivity contribution >= 4 is 24.2 Å². The van der Waals surface area contributed by atoms with Gasteiger partial charge in [0.2, 0.25) is 6.20 Å². The smallest absolute Gasteiger partial charge is 0.466 e. The summed E-state index contributed by atoms with van der Waals surface area (Å²) in [5.74, 6) is 0.133. The number of hydrogen-bond donors (Lipinski definition) is 3. The van der Waals surface area contributed by atoms with Crippen molar-refractivity contribution < 1.29 is 33.9 Å². The molecule has 26 heavy (non-hydrogen) atoms. The van der Waals surface area contributed by atoms with Crippen LogP contribution < -0.4 is 20.7 Å². The number of esters is 1. The van der Waals surface area contributed by atoms with Crippen molar-refractivity contribution in [3.05, 3.63) is 41.6 Å². The van der Waals surface area contributed by atoms with Crippen LogP contribution in [0, 0.1) is 6.92 Å². The van der Waals surface area contributed by atoms with Crippen molar-refractivity contribution in [3.63, 3.8) is 0 Å². The van der Waals surface area contributed by atoms with Gasteiger partial charge in [0.1, 0.15) is 5.75 Å². The molecule has 0 saturated heterocycles. The Hall–Kier alpha value is -2.78. The second kappa shape index (κ2) is 7.23. The molecule has 1 aromatic carbocycles. The highest BCUT2D eigenvalue weighted by Gasteiger charge is 2.38. The van der Waals surface area contributed by atoms with E-state index < -0.39 is 19.2 Å². The van der Waals surface area contributed by atoms with Gasteiger partial charge in [-0.2, -0.15) is 0 Å². The lowest BCUT2D eigenvalue weighted by atomic mass is 9.77. The first-order valence-electron chi connectivity index (χ1n) is 8.21. The number of rotatable bonds is 5. The first-order valence-corrected chi connectivity index (χ1v) is 8.21. The van der Waals surface area contributed by atoms with E-state index in [9.17, 15) is 15.0 Å². The van der Waals surface area contributed by atoms with Crippen LogP contribution in [0.15, 0.2) is 30.5 Å². The highest BCUT2D eigenvalue weighted by atomic mass is 16.6. The molecule has 1 aliphatic rings. The van der Waals surface area contributed by atoms with Gasteiger partial charge in [0, 0.05) is 16.5 Å². The van der Waals surface area contributed by atoms with Crippen LogP contribution in [-0.2, 0) is 14.2 Å². The number of ether oxygens (including phenoxy) is 2. The number of anilines is 1. The molecule has 0 aliphatic carbocycles. The first-order chi connectivity index (χ1) is 12.4. The molecule has 1 atom stereocenters. The monoisotopic (exact) mass is 359 g/mol. The zero-order chi connectivity index (χ0) is 18.8. The minimum atomic E-state index is -1.17. The molecule has 136 valence electrons. The van der Waals surface area contributed by atoms with Crippen molar-refractivity contribution in [1.82, 2.24) is 0 Å². The second-order valence-corrected chi connectivity index (χ2v) is 5.97. The zero-order valence-corrected chi connectivity index (χ0v) is 14.5. The summed E-state index contributed by atoms with van der Waals surface area (Å²) in [6, 6.07) is 6.35. The van der Waals surface area contributed by atoms with Gasteiger partial charge in [0.15, 0.2) is 0 Å². The Morgan fingerprint density at radius 1 is 1.42 bits per heavy atom. The van der Waals surface area contributed by atoms with E-state index in [1.807, 2.05) is 6.92 Å². The van der Waals surface area contributed by atoms with Gasteiger partial charge >= 0.3 is 19.0 Å². The molecule has 0 fully saturated rings. The number of benzene rings is 1. The van der Waals surface area contributed by atoms with Crippen LogP contribution >= 0.6 is 0 Å². The molecule has 1 aliphatic heterocycles. The van der Waals surface area contributed by atoms with Gasteiger partial charge in [0.25, 0.3) is 0 Å². The third kappa shape index (κ3) is 3.58. The topological polar surface area (TPSA) is 115 Å². The number of aromatic nitrogens is 1. The highest BCUT2D eigenvalue weighted by Crippen LogP contribution is 2.33. The molecular weight excluding hydrogens is 339 g/mol. The SMILES string of the molecule is CCOC(=O)CC1OB(O)c2cc(Oc3cc(N)cc[n+]3O)cc(C)c21. The van der Waals surface area contributed by atoms with Crippen LogP contribution in [0.2, 0.25) is 0 Å². The summed E-state index contributed by atoms with van der Waals surface area (Å²) < 4.78 is 16.9. The fraction of sp³-hybridized carbons (Fsp3) is 0.294. The van der Waals surface area contributed by atoms with E-state index in [2.05, 4.69) is 0 Å². The predicted octanol–water partition coefficient (Wildman–Crippen LogP) is 0.606. The molecule has 0 radical (unpaired) electrons. The molecule has 0 amide bonds. The number of nitrogens with two attached hydrogens (primary N) is 1. The van der Waals surface area contributed by atoms with Gasteiger partial charge in [-0.25, -0.2) is 0 Å². The van der Waals surface area contributed by atoms with Crippen molar-refractivity contribution in [2.45, 2.75) is 26.4 Å². The quantitative estimate of drug-likeness (QED) is 0.310. The van der Waals surface area contributed by atoms with Crippen LogP contribution in [-0.4, -0.2) is 29.9 Å². The molecule has 1 unspecified atom stereocenters. The largest absolute Gasteiger partial charge is 0.492 e. The van der Waals surface area contributed by atoms with E-state index in [1.54, 1.807) is 19.1 Å². The van der Waals surface area contributed by atoms with Gasteiger partial charge in [0.05, 0.1) is 25.2 Å². The fourth-order valence-corrected chi connectivity index (χ4v) is 3.00. The lowest BCUT2D eigenvalue weighted by Crippen LogP contribution is -2.31.